The van der Waals surface area contributed by atoms with Crippen LogP contribution in [0.5, 0.6) is 0 Å². The fraction of sp³-hybridized carbons (Fsp3) is 0.385. The molecule has 0 fully saturated rings. The van der Waals surface area contributed by atoms with Crippen molar-refractivity contribution in [2.75, 3.05) is 12.0 Å². The molecule has 0 aliphatic heterocycles. The van der Waals surface area contributed by atoms with Gasteiger partial charge >= 0.3 is 0 Å². The lowest BCUT2D eigenvalue weighted by Crippen LogP contribution is -1.96. The molecule has 0 unspecified atom stereocenters. The predicted molar refractivity (Wildman–Crippen MR) is 144 cm³/mol. The summed E-state index contributed by atoms with van der Waals surface area (Å²) in [6, 6.07) is 17.1. The Morgan fingerprint density at radius 1 is 0.613 bits per heavy atom. The third kappa shape index (κ3) is 8.76. The molecule has 0 saturated carbocycles. The average Bonchev–Trinajstić information content (AvgIpc) is 3.19. The summed E-state index contributed by atoms with van der Waals surface area (Å²) in [5.41, 5.74) is 0. The van der Waals surface area contributed by atoms with Gasteiger partial charge in [-0.2, -0.15) is 0 Å². The van der Waals surface area contributed by atoms with E-state index in [1.165, 1.54) is 53.7 Å². The number of hydrogen-bond acceptors (Lipinski definition) is 4. The van der Waals surface area contributed by atoms with Crippen LogP contribution in [0.4, 0.5) is 0 Å². The number of rotatable bonds is 1. The van der Waals surface area contributed by atoms with Crippen molar-refractivity contribution in [1.82, 2.24) is 0 Å². The molecule has 31 heavy (non-hydrogen) atoms. The van der Waals surface area contributed by atoms with Crippen LogP contribution in [0.15, 0.2) is 48.5 Å². The highest BCUT2D eigenvalue weighted by Crippen LogP contribution is 2.30. The van der Waals surface area contributed by atoms with Gasteiger partial charge in [0.25, 0.3) is 0 Å². The molecule has 0 bridgehead atoms. The van der Waals surface area contributed by atoms with E-state index < -0.39 is 9.84 Å². The molecule has 4 rings (SSSR count). The summed E-state index contributed by atoms with van der Waals surface area (Å²) < 4.78 is 20.0. The third-order valence-corrected chi connectivity index (χ3v) is 7.66. The minimum absolute atomic E-state index is 0.243. The van der Waals surface area contributed by atoms with Crippen molar-refractivity contribution >= 4 is 54.1 Å². The predicted octanol–water partition coefficient (Wildman–Crippen LogP) is 8.50. The minimum Gasteiger partial charge on any atom is -0.229 e. The van der Waals surface area contributed by atoms with Gasteiger partial charge in [0.1, 0.15) is 9.84 Å². The van der Waals surface area contributed by atoms with Crippen LogP contribution in [0, 0.1) is 27.7 Å². The van der Waals surface area contributed by atoms with Gasteiger partial charge in [-0.25, -0.2) is 8.42 Å². The fourth-order valence-electron chi connectivity index (χ4n) is 2.87. The molecule has 0 aliphatic rings. The molecule has 5 heteroatoms. The Kier molecular flexibility index (Phi) is 11.5. The molecule has 0 aliphatic carbocycles. The first-order chi connectivity index (χ1) is 14.6. The van der Waals surface area contributed by atoms with Crippen LogP contribution in [0.3, 0.4) is 0 Å². The molecule has 2 heterocycles. The van der Waals surface area contributed by atoms with E-state index in [2.05, 4.69) is 90.1 Å². The Hall–Kier alpha value is -1.69. The zero-order chi connectivity index (χ0) is 23.6. The van der Waals surface area contributed by atoms with Gasteiger partial charge in [0, 0.05) is 31.5 Å². The highest BCUT2D eigenvalue weighted by Gasteiger charge is 2.02. The van der Waals surface area contributed by atoms with Gasteiger partial charge in [-0.15, -0.1) is 22.7 Å². The van der Waals surface area contributed by atoms with Crippen LogP contribution in [-0.2, 0) is 9.84 Å². The summed E-state index contributed by atoms with van der Waals surface area (Å²) in [6.45, 7) is 14.6. The Morgan fingerprint density at radius 3 is 0.968 bits per heavy atom. The fourth-order valence-corrected chi connectivity index (χ4v) is 4.94. The first-order valence-corrected chi connectivity index (χ1v) is 14.3. The topological polar surface area (TPSA) is 34.1 Å². The molecule has 0 atom stereocenters. The average molecular weight is 477 g/mol. The van der Waals surface area contributed by atoms with Crippen molar-refractivity contribution in [2.24, 2.45) is 0 Å². The minimum atomic E-state index is -2.66. The number of hydrogen-bond donors (Lipinski definition) is 0. The van der Waals surface area contributed by atoms with Crippen molar-refractivity contribution in [2.45, 2.75) is 54.9 Å². The van der Waals surface area contributed by atoms with E-state index in [0.717, 1.165) is 0 Å². The number of sulfone groups is 1. The van der Waals surface area contributed by atoms with E-state index in [9.17, 15) is 8.42 Å². The van der Waals surface area contributed by atoms with Gasteiger partial charge in [-0.05, 0) is 49.2 Å². The summed E-state index contributed by atoms with van der Waals surface area (Å²) in [7, 11) is -2.66. The molecule has 0 radical (unpaired) electrons. The molecule has 2 nitrogen and oxygen atoms in total. The summed E-state index contributed by atoms with van der Waals surface area (Å²) in [5, 5.41) is 5.65. The molecular weight excluding hydrogens is 440 g/mol. The maximum atomic E-state index is 10.0. The number of aryl methyl sites for hydroxylation is 4. The highest BCUT2D eigenvalue weighted by molar-refractivity contribution is 7.90. The first kappa shape index (κ1) is 27.3. The maximum absolute atomic E-state index is 10.0. The lowest BCUT2D eigenvalue weighted by molar-refractivity contribution is 0.603. The van der Waals surface area contributed by atoms with E-state index in [1.807, 2.05) is 22.7 Å². The Balaban J connectivity index is 0.000000228. The van der Waals surface area contributed by atoms with Crippen LogP contribution in [0.25, 0.3) is 21.5 Å². The van der Waals surface area contributed by atoms with Crippen LogP contribution >= 0.6 is 22.7 Å². The summed E-state index contributed by atoms with van der Waals surface area (Å²) in [4.78, 5) is 5.72. The highest BCUT2D eigenvalue weighted by atomic mass is 32.2. The van der Waals surface area contributed by atoms with Gasteiger partial charge in [0.15, 0.2) is 0 Å². The first-order valence-electron chi connectivity index (χ1n) is 10.6. The van der Waals surface area contributed by atoms with E-state index in [0.29, 0.717) is 0 Å². The van der Waals surface area contributed by atoms with E-state index in [-0.39, 0.29) is 5.75 Å². The van der Waals surface area contributed by atoms with Crippen LogP contribution in [-0.4, -0.2) is 20.4 Å². The zero-order valence-electron chi connectivity index (χ0n) is 20.1. The number of fused-ring (bicyclic) bond motifs is 2. The SMILES string of the molecule is CCC.CCS(C)(=O)=O.Cc1sc(C)c2ccccc12.Cc1sc(C)c2ccccc12. The monoisotopic (exact) mass is 476 g/mol. The third-order valence-electron chi connectivity index (χ3n) is 4.51. The molecule has 0 amide bonds. The second kappa shape index (κ2) is 13.0. The molecule has 0 saturated heterocycles. The second-order valence-corrected chi connectivity index (χ2v) is 12.7. The summed E-state index contributed by atoms with van der Waals surface area (Å²) in [5.74, 6) is 0.243. The number of benzene rings is 2. The zero-order valence-corrected chi connectivity index (χ0v) is 22.5. The van der Waals surface area contributed by atoms with Gasteiger partial charge in [-0.1, -0.05) is 75.7 Å². The van der Waals surface area contributed by atoms with Crippen molar-refractivity contribution in [1.29, 1.82) is 0 Å². The maximum Gasteiger partial charge on any atom is 0.147 e. The Labute approximate surface area is 196 Å². The standard InChI is InChI=1S/2C10H10S.C3H8O2S.C3H8/c2*1-7-9-5-3-4-6-10(9)8(2)11-7;1-3-6(2,4)5;1-3-2/h2*3-6H,1-2H3;3H2,1-2H3;3H2,1-2H3. The van der Waals surface area contributed by atoms with Crippen LogP contribution < -0.4 is 0 Å². The molecule has 170 valence electrons. The van der Waals surface area contributed by atoms with Crippen molar-refractivity contribution in [3.05, 3.63) is 68.0 Å². The van der Waals surface area contributed by atoms with Crippen LogP contribution in [0.1, 0.15) is 46.7 Å². The Bertz CT molecular complexity index is 1030. The molecule has 0 spiro atoms. The molecule has 2 aromatic heterocycles. The van der Waals surface area contributed by atoms with Gasteiger partial charge in [-0.3, -0.25) is 0 Å². The van der Waals surface area contributed by atoms with Gasteiger partial charge < -0.3 is 0 Å². The summed E-state index contributed by atoms with van der Waals surface area (Å²) >= 11 is 3.76. The largest absolute Gasteiger partial charge is 0.229 e. The van der Waals surface area contributed by atoms with Crippen molar-refractivity contribution < 1.29 is 8.42 Å². The van der Waals surface area contributed by atoms with Crippen molar-refractivity contribution in [3.63, 3.8) is 0 Å². The quantitative estimate of drug-likeness (QED) is 0.276. The smallest absolute Gasteiger partial charge is 0.147 e. The van der Waals surface area contributed by atoms with Gasteiger partial charge in [0.2, 0.25) is 0 Å². The molecule has 2 aromatic carbocycles. The second-order valence-electron chi connectivity index (χ2n) is 7.44. The Morgan fingerprint density at radius 2 is 0.806 bits per heavy atom. The molecule has 4 aromatic rings. The van der Waals surface area contributed by atoms with E-state index in [1.54, 1.807) is 6.92 Å². The lowest BCUT2D eigenvalue weighted by atomic mass is 10.1. The molecular formula is C26H36O2S3. The van der Waals surface area contributed by atoms with Crippen molar-refractivity contribution in [3.8, 4) is 0 Å². The normalized spacial score (nSPS) is 10.5. The van der Waals surface area contributed by atoms with E-state index in [4.69, 9.17) is 0 Å². The lowest BCUT2D eigenvalue weighted by Gasteiger charge is -1.88. The molecule has 0 N–H and O–H groups in total. The van der Waals surface area contributed by atoms with Gasteiger partial charge in [0.05, 0.1) is 0 Å². The van der Waals surface area contributed by atoms with E-state index >= 15 is 0 Å². The summed E-state index contributed by atoms with van der Waals surface area (Å²) in [6.07, 6.45) is 2.47. The number of thiophene rings is 2. The van der Waals surface area contributed by atoms with Crippen LogP contribution in [0.2, 0.25) is 0 Å².